The van der Waals surface area contributed by atoms with Crippen molar-refractivity contribution >= 4 is 27.0 Å². The van der Waals surface area contributed by atoms with E-state index in [9.17, 15) is 23.3 Å². The van der Waals surface area contributed by atoms with Crippen LogP contribution in [0.2, 0.25) is 0 Å². The smallest absolute Gasteiger partial charge is 0.344 e. The number of aromatic nitrogens is 2. The summed E-state index contributed by atoms with van der Waals surface area (Å²) in [6.45, 7) is 4.66. The van der Waals surface area contributed by atoms with Crippen LogP contribution in [-0.4, -0.2) is 85.1 Å². The fourth-order valence-corrected chi connectivity index (χ4v) is 7.70. The third kappa shape index (κ3) is 5.38. The maximum absolute atomic E-state index is 14.6. The second kappa shape index (κ2) is 12.3. The molecule has 11 nitrogen and oxygen atoms in total. The van der Waals surface area contributed by atoms with Crippen LogP contribution in [0.1, 0.15) is 30.0 Å². The van der Waals surface area contributed by atoms with Crippen molar-refractivity contribution in [1.29, 1.82) is 5.26 Å². The number of amides is 1. The Morgan fingerprint density at radius 1 is 1.00 bits per heavy atom. The molecule has 1 amide bonds. The van der Waals surface area contributed by atoms with Gasteiger partial charge in [0.1, 0.15) is 11.8 Å². The third-order valence-electron chi connectivity index (χ3n) is 8.54. The SMILES string of the molecule is COc1ccc(S(=O)(=O)n2c(=O)n(C(C(=O)N3CCC[C@H](N4CCNCC4)C3)c3ccccc3)c3cc(C#N)ccc32)cc1. The number of hydrogen-bond acceptors (Lipinski definition) is 8. The van der Waals surface area contributed by atoms with Gasteiger partial charge in [-0.05, 0) is 60.9 Å². The quantitative estimate of drug-likeness (QED) is 0.336. The first-order chi connectivity index (χ1) is 21.3. The average molecular weight is 615 g/mol. The molecule has 2 aliphatic rings. The van der Waals surface area contributed by atoms with E-state index in [0.717, 1.165) is 43.0 Å². The lowest BCUT2D eigenvalue weighted by molar-refractivity contribution is -0.135. The van der Waals surface area contributed by atoms with Gasteiger partial charge in [0.05, 0.1) is 34.7 Å². The van der Waals surface area contributed by atoms with Crippen molar-refractivity contribution in [3.05, 3.63) is 94.4 Å². The predicted molar refractivity (Wildman–Crippen MR) is 165 cm³/mol. The molecule has 0 aliphatic carbocycles. The summed E-state index contributed by atoms with van der Waals surface area (Å²) in [6.07, 6.45) is 1.80. The molecule has 228 valence electrons. The summed E-state index contributed by atoms with van der Waals surface area (Å²) in [5.41, 5.74) is 0.164. The molecule has 4 aromatic rings. The van der Waals surface area contributed by atoms with Gasteiger partial charge >= 0.3 is 5.69 Å². The number of rotatable bonds is 7. The lowest BCUT2D eigenvalue weighted by Crippen LogP contribution is -2.56. The molecule has 1 aromatic heterocycles. The van der Waals surface area contributed by atoms with Gasteiger partial charge < -0.3 is 15.0 Å². The maximum Gasteiger partial charge on any atom is 0.344 e. The number of imidazole rings is 1. The van der Waals surface area contributed by atoms with Gasteiger partial charge in [0.2, 0.25) is 0 Å². The Balaban J connectivity index is 1.51. The van der Waals surface area contributed by atoms with Crippen LogP contribution < -0.4 is 15.7 Å². The topological polar surface area (TPSA) is 130 Å². The van der Waals surface area contributed by atoms with Gasteiger partial charge in [0, 0.05) is 45.3 Å². The Kier molecular flexibility index (Phi) is 8.27. The zero-order valence-electron chi connectivity index (χ0n) is 24.4. The highest BCUT2D eigenvalue weighted by Crippen LogP contribution is 2.30. The molecule has 1 N–H and O–H groups in total. The number of piperidine rings is 1. The van der Waals surface area contributed by atoms with E-state index in [1.54, 1.807) is 29.2 Å². The zero-order valence-corrected chi connectivity index (χ0v) is 25.2. The first-order valence-corrected chi connectivity index (χ1v) is 16.1. The molecule has 3 aromatic carbocycles. The Bertz CT molecular complexity index is 1870. The van der Waals surface area contributed by atoms with Gasteiger partial charge in [-0.3, -0.25) is 14.3 Å². The minimum Gasteiger partial charge on any atom is -0.497 e. The number of carbonyl (C=O) groups excluding carboxylic acids is 1. The van der Waals surface area contributed by atoms with E-state index < -0.39 is 21.8 Å². The Labute approximate surface area is 255 Å². The molecule has 2 atom stereocenters. The highest BCUT2D eigenvalue weighted by molar-refractivity contribution is 7.90. The summed E-state index contributed by atoms with van der Waals surface area (Å²) < 4.78 is 35.2. The standard InChI is InChI=1S/C32H34N6O5S/c1-43-26-10-12-27(13-11-26)44(41,42)38-28-14-9-23(21-33)20-29(28)37(32(38)40)30(24-6-3-2-4-7-24)31(39)36-17-5-8-25(22-36)35-18-15-34-16-19-35/h2-4,6-7,9-14,20,25,30,34H,5,8,15-19,22H2,1H3/t25-,30?/m0/s1. The van der Waals surface area contributed by atoms with Crippen LogP contribution >= 0.6 is 0 Å². The fourth-order valence-electron chi connectivity index (χ4n) is 6.31. The summed E-state index contributed by atoms with van der Waals surface area (Å²) >= 11 is 0. The molecule has 2 fully saturated rings. The highest BCUT2D eigenvalue weighted by atomic mass is 32.2. The van der Waals surface area contributed by atoms with E-state index >= 15 is 0 Å². The van der Waals surface area contributed by atoms with E-state index in [4.69, 9.17) is 4.74 Å². The van der Waals surface area contributed by atoms with E-state index in [1.807, 2.05) is 6.07 Å². The Morgan fingerprint density at radius 2 is 1.73 bits per heavy atom. The molecule has 2 aliphatic heterocycles. The van der Waals surface area contributed by atoms with E-state index in [-0.39, 0.29) is 33.4 Å². The summed E-state index contributed by atoms with van der Waals surface area (Å²) in [5, 5.41) is 13.1. The molecule has 12 heteroatoms. The van der Waals surface area contributed by atoms with Gasteiger partial charge in [0.15, 0.2) is 0 Å². The van der Waals surface area contributed by atoms with Gasteiger partial charge in [-0.1, -0.05) is 30.3 Å². The molecule has 0 bridgehead atoms. The molecule has 0 radical (unpaired) electrons. The van der Waals surface area contributed by atoms with Crippen molar-refractivity contribution < 1.29 is 17.9 Å². The molecule has 2 saturated heterocycles. The number of likely N-dealkylation sites (tertiary alicyclic amines) is 1. The van der Waals surface area contributed by atoms with Crippen LogP contribution in [0.15, 0.2) is 82.5 Å². The third-order valence-corrected chi connectivity index (χ3v) is 10.2. The molecular formula is C32H34N6O5S. The van der Waals surface area contributed by atoms with Gasteiger partial charge in [-0.2, -0.15) is 9.23 Å². The molecular weight excluding hydrogens is 580 g/mol. The Hall–Kier alpha value is -4.44. The summed E-state index contributed by atoms with van der Waals surface area (Å²) in [5.74, 6) is 0.175. The largest absolute Gasteiger partial charge is 0.497 e. The van der Waals surface area contributed by atoms with Crippen LogP contribution in [0.5, 0.6) is 5.75 Å². The summed E-state index contributed by atoms with van der Waals surface area (Å²) in [6, 6.07) is 20.2. The number of nitriles is 1. The number of carbonyl (C=O) groups is 1. The lowest BCUT2D eigenvalue weighted by atomic mass is 9.99. The van der Waals surface area contributed by atoms with Crippen LogP contribution in [0.3, 0.4) is 0 Å². The molecule has 44 heavy (non-hydrogen) atoms. The zero-order chi connectivity index (χ0) is 30.8. The van der Waals surface area contributed by atoms with E-state index in [2.05, 4.69) is 16.3 Å². The predicted octanol–water partition coefficient (Wildman–Crippen LogP) is 2.41. The van der Waals surface area contributed by atoms with E-state index in [1.165, 1.54) is 54.1 Å². The number of fused-ring (bicyclic) bond motifs is 1. The van der Waals surface area contributed by atoms with Crippen molar-refractivity contribution in [3.8, 4) is 11.8 Å². The van der Waals surface area contributed by atoms with Crippen LogP contribution in [-0.2, 0) is 14.8 Å². The minimum absolute atomic E-state index is 0.0795. The monoisotopic (exact) mass is 614 g/mol. The molecule has 0 saturated carbocycles. The number of nitrogens with zero attached hydrogens (tertiary/aromatic N) is 5. The van der Waals surface area contributed by atoms with Crippen LogP contribution in [0.4, 0.5) is 0 Å². The van der Waals surface area contributed by atoms with Crippen molar-refractivity contribution in [2.75, 3.05) is 46.4 Å². The average Bonchev–Trinajstić information content (AvgIpc) is 3.37. The summed E-state index contributed by atoms with van der Waals surface area (Å²) in [4.78, 5) is 33.1. The minimum atomic E-state index is -4.40. The van der Waals surface area contributed by atoms with Crippen molar-refractivity contribution in [2.24, 2.45) is 0 Å². The lowest BCUT2D eigenvalue weighted by Gasteiger charge is -2.42. The molecule has 0 spiro atoms. The van der Waals surface area contributed by atoms with Crippen LogP contribution in [0.25, 0.3) is 11.0 Å². The number of benzene rings is 3. The second-order valence-corrected chi connectivity index (χ2v) is 12.9. The molecule has 3 heterocycles. The second-order valence-electron chi connectivity index (χ2n) is 11.1. The van der Waals surface area contributed by atoms with Crippen molar-refractivity contribution in [2.45, 2.75) is 29.8 Å². The first kappa shape index (κ1) is 29.6. The number of methoxy groups -OCH3 is 1. The first-order valence-electron chi connectivity index (χ1n) is 14.7. The number of piperazine rings is 1. The normalized spacial score (nSPS) is 18.5. The van der Waals surface area contributed by atoms with Crippen molar-refractivity contribution in [1.82, 2.24) is 23.7 Å². The van der Waals surface area contributed by atoms with Gasteiger partial charge in [-0.25, -0.2) is 13.2 Å². The number of ether oxygens (including phenoxy) is 1. The maximum atomic E-state index is 14.6. The molecule has 1 unspecified atom stereocenters. The van der Waals surface area contributed by atoms with Crippen molar-refractivity contribution in [3.63, 3.8) is 0 Å². The van der Waals surface area contributed by atoms with Crippen LogP contribution in [0, 0.1) is 11.3 Å². The fraction of sp³-hybridized carbons (Fsp3) is 0.344. The van der Waals surface area contributed by atoms with E-state index in [0.29, 0.717) is 24.4 Å². The number of hydrogen-bond donors (Lipinski definition) is 1. The number of nitrogens with one attached hydrogen (secondary N) is 1. The Morgan fingerprint density at radius 3 is 2.41 bits per heavy atom. The van der Waals surface area contributed by atoms with Gasteiger partial charge in [-0.15, -0.1) is 0 Å². The summed E-state index contributed by atoms with van der Waals surface area (Å²) in [7, 11) is -2.93. The van der Waals surface area contributed by atoms with Gasteiger partial charge in [0.25, 0.3) is 15.9 Å². The highest BCUT2D eigenvalue weighted by Gasteiger charge is 2.37. The molecule has 6 rings (SSSR count).